The van der Waals surface area contributed by atoms with Gasteiger partial charge < -0.3 is 92.5 Å². The van der Waals surface area contributed by atoms with E-state index in [1.165, 1.54) is 21.6 Å². The van der Waals surface area contributed by atoms with Gasteiger partial charge in [0.1, 0.15) is 54.4 Å². The molecule has 2 aromatic rings. The highest BCUT2D eigenvalue weighted by atomic mass is 32.2. The molecule has 0 aromatic heterocycles. The minimum Gasteiger partial charge on any atom is -0.370 e. The maximum atomic E-state index is 14.7. The summed E-state index contributed by atoms with van der Waals surface area (Å²) in [5.74, 6) is -9.80. The molecule has 2 aliphatic rings. The van der Waals surface area contributed by atoms with Crippen LogP contribution in [0.2, 0.25) is 0 Å². The molecule has 0 aliphatic carbocycles. The predicted molar refractivity (Wildman–Crippen MR) is 356 cm³/mol. The van der Waals surface area contributed by atoms with Crippen molar-refractivity contribution >= 4 is 94.5 Å². The average molecular weight is 1350 g/mol. The number of carbonyl (C=O) groups is 13. The predicted octanol–water partition coefficient (Wildman–Crippen LogP) is -3.71. The van der Waals surface area contributed by atoms with Crippen LogP contribution in [0.15, 0.2) is 65.7 Å². The van der Waals surface area contributed by atoms with E-state index >= 15 is 0 Å². The summed E-state index contributed by atoms with van der Waals surface area (Å²) in [4.78, 5) is 185. The molecule has 2 fully saturated rings. The van der Waals surface area contributed by atoms with Crippen LogP contribution < -0.4 is 82.7 Å². The molecular weight excluding hydrogens is 1250 g/mol. The summed E-state index contributed by atoms with van der Waals surface area (Å²) >= 11 is 1.45. The average Bonchev–Trinajstić information content (AvgIpc) is 1.74. The fourth-order valence-electron chi connectivity index (χ4n) is 11.0. The molecule has 32 heteroatoms. The number of nitrogens with zero attached hydrogens (tertiary/aromatic N) is 3. The molecule has 4 rings (SSSR count). The van der Waals surface area contributed by atoms with Gasteiger partial charge in [-0.1, -0.05) is 74.5 Å². The van der Waals surface area contributed by atoms with Gasteiger partial charge in [-0.15, -0.1) is 0 Å². The van der Waals surface area contributed by atoms with Crippen molar-refractivity contribution in [1.29, 1.82) is 0 Å². The molecule has 0 bridgehead atoms. The van der Waals surface area contributed by atoms with Crippen LogP contribution in [0.1, 0.15) is 121 Å². The van der Waals surface area contributed by atoms with Gasteiger partial charge in [0, 0.05) is 45.3 Å². The molecule has 2 aromatic carbocycles. The quantitative estimate of drug-likeness (QED) is 0.0173. The minimum atomic E-state index is -1.64. The maximum absolute atomic E-state index is 14.7. The molecule has 0 unspecified atom stereocenters. The first kappa shape index (κ1) is 78.5. The third kappa shape index (κ3) is 27.5. The fraction of sp³-hybridized carbons (Fsp3) is 0.587. The number of amides is 13. The van der Waals surface area contributed by atoms with Crippen molar-refractivity contribution in [1.82, 2.24) is 52.3 Å². The Morgan fingerprint density at radius 1 is 0.537 bits per heavy atom. The second-order valence-electron chi connectivity index (χ2n) is 24.1. The van der Waals surface area contributed by atoms with Crippen molar-refractivity contribution in [2.45, 2.75) is 183 Å². The minimum absolute atomic E-state index is 0.0736. The molecule has 524 valence electrons. The van der Waals surface area contributed by atoms with Crippen LogP contribution in [0.5, 0.6) is 0 Å². The van der Waals surface area contributed by atoms with E-state index in [1.54, 1.807) is 60.7 Å². The number of carbonyl (C=O) groups excluding carboxylic acids is 13. The van der Waals surface area contributed by atoms with Gasteiger partial charge in [0.25, 0.3) is 0 Å². The topological polar surface area (TPSA) is 519 Å². The normalized spacial score (nSPS) is 16.8. The first-order chi connectivity index (χ1) is 45.2. The summed E-state index contributed by atoms with van der Waals surface area (Å²) in [5.41, 5.74) is 40.6. The molecule has 0 saturated carbocycles. The summed E-state index contributed by atoms with van der Waals surface area (Å²) in [6.07, 6.45) is 3.12. The van der Waals surface area contributed by atoms with E-state index in [9.17, 15) is 62.3 Å². The number of hydrogen-bond donors (Lipinski definition) is 15. The maximum Gasteiger partial charge on any atom is 0.245 e. The third-order valence-corrected chi connectivity index (χ3v) is 16.7. The first-order valence-corrected chi connectivity index (χ1v) is 33.6. The highest BCUT2D eigenvalue weighted by Crippen LogP contribution is 2.24. The Kier molecular flexibility index (Phi) is 33.9. The number of benzene rings is 2. The van der Waals surface area contributed by atoms with Crippen molar-refractivity contribution in [2.24, 2.45) is 51.0 Å². The van der Waals surface area contributed by atoms with Gasteiger partial charge in [-0.3, -0.25) is 67.3 Å². The number of primary amides is 3. The first-order valence-electron chi connectivity index (χ1n) is 32.2. The second-order valence-corrected chi connectivity index (χ2v) is 25.1. The lowest BCUT2D eigenvalue weighted by atomic mass is 10.0. The van der Waals surface area contributed by atoms with Crippen LogP contribution >= 0.6 is 11.8 Å². The second kappa shape index (κ2) is 41.0. The number of guanidine groups is 1. The molecule has 0 radical (unpaired) electrons. The molecule has 2 heterocycles. The zero-order valence-corrected chi connectivity index (χ0v) is 55.3. The third-order valence-electron chi connectivity index (χ3n) is 16.0. The highest BCUT2D eigenvalue weighted by Gasteiger charge is 2.42. The Hall–Kier alpha value is -8.91. The molecule has 31 nitrogen and oxygen atoms in total. The number of aliphatic imine (C=N–C) groups is 1. The van der Waals surface area contributed by atoms with Crippen molar-refractivity contribution in [2.75, 3.05) is 44.7 Å². The SMILES string of the molecule is CSCC[C@H](NC(=O)[C@H](CC(C)C)NC(=O)CNC(=O)[C@@H](Cc1ccccc1)NC(=O)[C@H](Cc1ccccc1)NC(=O)[C@@H](CCC(N)=O)NC(=O)[C@@H](CCC(N)=O)NC(=O)[C@H]1CCCN1C(=O)[C@H](CCCCN)NC(=O)[C@@H]1CCCN1C(=O)[C@H](N)CCCN=C(N)N)C(N)=O. The van der Waals surface area contributed by atoms with Crippen molar-refractivity contribution in [3.63, 3.8) is 0 Å². The van der Waals surface area contributed by atoms with Crippen LogP contribution in [-0.2, 0) is 75.2 Å². The van der Waals surface area contributed by atoms with Gasteiger partial charge in [0.2, 0.25) is 76.8 Å². The van der Waals surface area contributed by atoms with Crippen LogP contribution in [0.25, 0.3) is 0 Å². The van der Waals surface area contributed by atoms with E-state index in [-0.39, 0.29) is 83.0 Å². The molecule has 0 spiro atoms. The van der Waals surface area contributed by atoms with Crippen molar-refractivity contribution in [3.05, 3.63) is 71.8 Å². The zero-order valence-electron chi connectivity index (χ0n) is 54.5. The van der Waals surface area contributed by atoms with Crippen molar-refractivity contribution < 1.29 is 62.3 Å². The number of thioether (sulfide) groups is 1. The van der Waals surface area contributed by atoms with E-state index in [4.69, 9.17) is 40.1 Å². The number of rotatable bonds is 42. The monoisotopic (exact) mass is 1350 g/mol. The largest absolute Gasteiger partial charge is 0.370 e. The number of hydrogen-bond acceptors (Lipinski definition) is 17. The van der Waals surface area contributed by atoms with Crippen LogP contribution in [-0.4, -0.2) is 198 Å². The van der Waals surface area contributed by atoms with Gasteiger partial charge in [0.05, 0.1) is 12.6 Å². The summed E-state index contributed by atoms with van der Waals surface area (Å²) in [7, 11) is 0. The van der Waals surface area contributed by atoms with Crippen molar-refractivity contribution in [3.8, 4) is 0 Å². The highest BCUT2D eigenvalue weighted by molar-refractivity contribution is 7.98. The van der Waals surface area contributed by atoms with E-state index in [2.05, 4.69) is 47.5 Å². The molecule has 13 amide bonds. The lowest BCUT2D eigenvalue weighted by Gasteiger charge is -2.32. The molecule has 2 saturated heterocycles. The van der Waals surface area contributed by atoms with E-state index in [0.717, 1.165) is 0 Å². The van der Waals surface area contributed by atoms with Gasteiger partial charge in [-0.2, -0.15) is 11.8 Å². The van der Waals surface area contributed by atoms with Gasteiger partial charge in [-0.05, 0) is 119 Å². The zero-order chi connectivity index (χ0) is 70.1. The Balaban J connectivity index is 1.56. The molecule has 22 N–H and O–H groups in total. The number of nitrogens with two attached hydrogens (primary N) is 7. The van der Waals surface area contributed by atoms with E-state index < -0.39 is 169 Å². The Bertz CT molecular complexity index is 2960. The van der Waals surface area contributed by atoms with Gasteiger partial charge in [-0.25, -0.2) is 0 Å². The lowest BCUT2D eigenvalue weighted by molar-refractivity contribution is -0.144. The number of likely N-dealkylation sites (tertiary alicyclic amines) is 2. The van der Waals surface area contributed by atoms with E-state index in [0.29, 0.717) is 55.4 Å². The molecule has 95 heavy (non-hydrogen) atoms. The van der Waals surface area contributed by atoms with Crippen LogP contribution in [0.4, 0.5) is 0 Å². The Morgan fingerprint density at radius 2 is 1.01 bits per heavy atom. The lowest BCUT2D eigenvalue weighted by Crippen LogP contribution is -2.60. The Morgan fingerprint density at radius 3 is 1.51 bits per heavy atom. The molecular formula is C63H98N18O13S. The molecule has 10 atom stereocenters. The van der Waals surface area contributed by atoms with Crippen LogP contribution in [0.3, 0.4) is 0 Å². The fourth-order valence-corrected chi connectivity index (χ4v) is 11.5. The number of unbranched alkanes of at least 4 members (excludes halogenated alkanes) is 1. The molecule has 2 aliphatic heterocycles. The summed E-state index contributed by atoms with van der Waals surface area (Å²) < 4.78 is 0. The van der Waals surface area contributed by atoms with Gasteiger partial charge >= 0.3 is 0 Å². The Labute approximate surface area is 558 Å². The summed E-state index contributed by atoms with van der Waals surface area (Å²) in [5, 5.41) is 21.1. The van der Waals surface area contributed by atoms with Crippen LogP contribution in [0, 0.1) is 5.92 Å². The van der Waals surface area contributed by atoms with E-state index in [1.807, 2.05) is 20.1 Å². The summed E-state index contributed by atoms with van der Waals surface area (Å²) in [6, 6.07) is 4.51. The smallest absolute Gasteiger partial charge is 0.245 e. The van der Waals surface area contributed by atoms with Gasteiger partial charge in [0.15, 0.2) is 5.96 Å². The standard InChI is InChI=1S/C63H98N18O13S/c1-37(2)33-45(57(89)74-41(53(68)85)27-32-95-3)73-52(84)36-72-54(86)46(34-38-15-6-4-7-16-38)78-58(90)47(35-39-17-8-5-9-18-39)79-56(88)42(23-25-50(66)82)75-55(87)43(24-26-51(67)83)76-59(91)49-22-14-31-81(49)62(94)44(20-10-11-28-64)77-60(92)48-21-13-30-80(48)61(93)40(65)19-12-29-71-63(69)70/h4-9,15-18,37,40-49H,10-14,19-36,64-65H2,1-3H3,(H2,66,82)(H2,67,83)(H2,68,85)(H,72,86)(H,73,84)(H,74,89)(H,75,87)(H,76,91)(H,77,92)(H,78,90)(H,79,88)(H4,69,70,71)/t40-,41+,42-,43-,44+,45+,46-,47+,48+,49-/m1/s1. The summed E-state index contributed by atoms with van der Waals surface area (Å²) in [6.45, 7) is 3.86. The number of nitrogens with one attached hydrogen (secondary N) is 8.